The van der Waals surface area contributed by atoms with Gasteiger partial charge in [-0.25, -0.2) is 9.36 Å². The van der Waals surface area contributed by atoms with Crippen LogP contribution in [0.4, 0.5) is 0 Å². The van der Waals surface area contributed by atoms with Crippen LogP contribution in [0.1, 0.15) is 12.5 Å². The van der Waals surface area contributed by atoms with Gasteiger partial charge in [0, 0.05) is 6.54 Å². The normalized spacial score (nSPS) is 15.0. The van der Waals surface area contributed by atoms with Crippen LogP contribution in [-0.4, -0.2) is 28.6 Å². The molecular formula is C12H14N4O. The molecule has 1 aromatic heterocycles. The molecule has 5 nitrogen and oxygen atoms in total. The highest BCUT2D eigenvalue weighted by Gasteiger charge is 2.14. The van der Waals surface area contributed by atoms with Crippen molar-refractivity contribution >= 4 is 17.0 Å². The fraction of sp³-hybridized carbons (Fsp3) is 0.333. The van der Waals surface area contributed by atoms with Gasteiger partial charge in [0.15, 0.2) is 0 Å². The van der Waals surface area contributed by atoms with Crippen LogP contribution in [0.5, 0.6) is 0 Å². The van der Waals surface area contributed by atoms with Crippen molar-refractivity contribution in [3.63, 3.8) is 0 Å². The van der Waals surface area contributed by atoms with E-state index in [0.29, 0.717) is 5.96 Å². The highest BCUT2D eigenvalue weighted by Crippen LogP contribution is 2.13. The first-order valence-electron chi connectivity index (χ1n) is 5.82. The van der Waals surface area contributed by atoms with E-state index >= 15 is 0 Å². The maximum atomic E-state index is 11.9. The minimum absolute atomic E-state index is 0.138. The summed E-state index contributed by atoms with van der Waals surface area (Å²) < 4.78 is 1.60. The summed E-state index contributed by atoms with van der Waals surface area (Å²) in [7, 11) is 0. The SMILES string of the molecule is CCc1ccc2c(c1)[nH]c(=O)n2C1=NCCN1. The average molecular weight is 230 g/mol. The second-order valence-corrected chi connectivity index (χ2v) is 4.10. The van der Waals surface area contributed by atoms with Crippen LogP contribution in [0.25, 0.3) is 11.0 Å². The molecule has 88 valence electrons. The van der Waals surface area contributed by atoms with E-state index in [0.717, 1.165) is 30.5 Å². The molecule has 1 aromatic carbocycles. The number of nitrogens with zero attached hydrogens (tertiary/aromatic N) is 2. The van der Waals surface area contributed by atoms with E-state index in [-0.39, 0.29) is 5.69 Å². The van der Waals surface area contributed by atoms with Crippen molar-refractivity contribution in [1.29, 1.82) is 0 Å². The summed E-state index contributed by atoms with van der Waals surface area (Å²) in [6.45, 7) is 3.61. The molecule has 0 atom stereocenters. The third-order valence-corrected chi connectivity index (χ3v) is 3.02. The van der Waals surface area contributed by atoms with Gasteiger partial charge in [-0.2, -0.15) is 0 Å². The highest BCUT2D eigenvalue weighted by molar-refractivity contribution is 5.92. The molecule has 0 fully saturated rings. The van der Waals surface area contributed by atoms with E-state index in [9.17, 15) is 4.79 Å². The molecule has 0 spiro atoms. The quantitative estimate of drug-likeness (QED) is 0.757. The number of imidazole rings is 1. The second-order valence-electron chi connectivity index (χ2n) is 4.10. The van der Waals surface area contributed by atoms with Crippen molar-refractivity contribution < 1.29 is 0 Å². The van der Waals surface area contributed by atoms with Crippen molar-refractivity contribution in [2.45, 2.75) is 13.3 Å². The third kappa shape index (κ3) is 1.54. The number of nitrogens with one attached hydrogen (secondary N) is 2. The molecule has 2 aromatic rings. The topological polar surface area (TPSA) is 62.2 Å². The number of hydrogen-bond donors (Lipinski definition) is 2. The second kappa shape index (κ2) is 3.76. The first kappa shape index (κ1) is 10.1. The Morgan fingerprint density at radius 3 is 3.06 bits per heavy atom. The van der Waals surface area contributed by atoms with Gasteiger partial charge in [0.05, 0.1) is 17.6 Å². The molecule has 3 rings (SSSR count). The third-order valence-electron chi connectivity index (χ3n) is 3.02. The monoisotopic (exact) mass is 230 g/mol. The van der Waals surface area contributed by atoms with Crippen LogP contribution in [-0.2, 0) is 6.42 Å². The van der Waals surface area contributed by atoms with Gasteiger partial charge in [0.1, 0.15) is 0 Å². The summed E-state index contributed by atoms with van der Waals surface area (Å²) in [4.78, 5) is 19.1. The van der Waals surface area contributed by atoms with Gasteiger partial charge < -0.3 is 10.3 Å². The van der Waals surface area contributed by atoms with Crippen LogP contribution in [0.2, 0.25) is 0 Å². The molecule has 0 saturated carbocycles. The first-order valence-corrected chi connectivity index (χ1v) is 5.82. The molecule has 5 heteroatoms. The van der Waals surface area contributed by atoms with Crippen molar-refractivity contribution in [1.82, 2.24) is 14.9 Å². The molecule has 0 radical (unpaired) electrons. The summed E-state index contributed by atoms with van der Waals surface area (Å²) in [5.74, 6) is 0.644. The van der Waals surface area contributed by atoms with E-state index in [1.807, 2.05) is 18.2 Å². The maximum absolute atomic E-state index is 11.9. The predicted octanol–water partition coefficient (Wildman–Crippen LogP) is 0.699. The van der Waals surface area contributed by atoms with Crippen molar-refractivity contribution in [2.75, 3.05) is 13.1 Å². The predicted molar refractivity (Wildman–Crippen MR) is 67.6 cm³/mol. The molecule has 0 amide bonds. The zero-order chi connectivity index (χ0) is 11.8. The molecule has 0 unspecified atom stereocenters. The Morgan fingerprint density at radius 1 is 1.47 bits per heavy atom. The summed E-state index contributed by atoms with van der Waals surface area (Å²) in [6, 6.07) is 6.03. The van der Waals surface area contributed by atoms with Gasteiger partial charge in [-0.1, -0.05) is 13.0 Å². The number of H-pyrrole nitrogens is 1. The zero-order valence-electron chi connectivity index (χ0n) is 9.66. The van der Waals surface area contributed by atoms with Gasteiger partial charge in [0.25, 0.3) is 0 Å². The molecule has 0 aliphatic carbocycles. The Hall–Kier alpha value is -2.04. The smallest absolute Gasteiger partial charge is 0.333 e. The Bertz CT molecular complexity index is 650. The van der Waals surface area contributed by atoms with Gasteiger partial charge in [0.2, 0.25) is 5.96 Å². The molecular weight excluding hydrogens is 216 g/mol. The Labute approximate surface area is 98.2 Å². The fourth-order valence-electron chi connectivity index (χ4n) is 2.12. The lowest BCUT2D eigenvalue weighted by Gasteiger charge is -2.03. The lowest BCUT2D eigenvalue weighted by Crippen LogP contribution is -2.33. The van der Waals surface area contributed by atoms with Crippen LogP contribution in [0.15, 0.2) is 28.0 Å². The number of hydrogen-bond acceptors (Lipinski definition) is 3. The van der Waals surface area contributed by atoms with E-state index in [1.165, 1.54) is 5.56 Å². The van der Waals surface area contributed by atoms with Crippen LogP contribution >= 0.6 is 0 Å². The van der Waals surface area contributed by atoms with Crippen LogP contribution < -0.4 is 11.0 Å². The molecule has 1 aliphatic rings. The Morgan fingerprint density at radius 2 is 2.35 bits per heavy atom. The molecule has 2 heterocycles. The first-order chi connectivity index (χ1) is 8.29. The summed E-state index contributed by atoms with van der Waals surface area (Å²) in [6.07, 6.45) is 0.961. The Kier molecular flexibility index (Phi) is 2.24. The summed E-state index contributed by atoms with van der Waals surface area (Å²) in [5, 5.41) is 3.11. The van der Waals surface area contributed by atoms with E-state index in [4.69, 9.17) is 0 Å². The standard InChI is InChI=1S/C12H14N4O/c1-2-8-3-4-10-9(7-8)15-12(17)16(10)11-13-5-6-14-11/h3-4,7H,2,5-6H2,1H3,(H,13,14)(H,15,17). The maximum Gasteiger partial charge on any atom is 0.333 e. The van der Waals surface area contributed by atoms with Gasteiger partial charge in [-0.05, 0) is 24.1 Å². The van der Waals surface area contributed by atoms with E-state index < -0.39 is 0 Å². The lowest BCUT2D eigenvalue weighted by molar-refractivity contribution is 0.933. The van der Waals surface area contributed by atoms with Crippen LogP contribution in [0.3, 0.4) is 0 Å². The Balaban J connectivity index is 2.24. The average Bonchev–Trinajstić information content (AvgIpc) is 2.93. The number of aryl methyl sites for hydroxylation is 1. The zero-order valence-corrected chi connectivity index (χ0v) is 9.66. The van der Waals surface area contributed by atoms with Crippen molar-refractivity contribution in [2.24, 2.45) is 4.99 Å². The minimum atomic E-state index is -0.138. The number of aliphatic imine (C=N–C) groups is 1. The van der Waals surface area contributed by atoms with Crippen LogP contribution in [0, 0.1) is 0 Å². The van der Waals surface area contributed by atoms with Crippen molar-refractivity contribution in [3.8, 4) is 0 Å². The summed E-state index contributed by atoms with van der Waals surface area (Å²) in [5.41, 5.74) is 2.82. The molecule has 0 bridgehead atoms. The van der Waals surface area contributed by atoms with Gasteiger partial charge in [-0.3, -0.25) is 4.99 Å². The fourth-order valence-corrected chi connectivity index (χ4v) is 2.12. The minimum Gasteiger partial charge on any atom is -0.354 e. The largest absolute Gasteiger partial charge is 0.354 e. The van der Waals surface area contributed by atoms with Gasteiger partial charge >= 0.3 is 5.69 Å². The van der Waals surface area contributed by atoms with E-state index in [2.05, 4.69) is 22.2 Å². The lowest BCUT2D eigenvalue weighted by atomic mass is 10.1. The van der Waals surface area contributed by atoms with Crippen molar-refractivity contribution in [3.05, 3.63) is 34.2 Å². The molecule has 17 heavy (non-hydrogen) atoms. The number of rotatable bonds is 1. The molecule has 1 aliphatic heterocycles. The number of aromatic amines is 1. The highest BCUT2D eigenvalue weighted by atomic mass is 16.1. The van der Waals surface area contributed by atoms with E-state index in [1.54, 1.807) is 4.57 Å². The number of aromatic nitrogens is 2. The summed E-state index contributed by atoms with van der Waals surface area (Å²) >= 11 is 0. The van der Waals surface area contributed by atoms with Gasteiger partial charge in [-0.15, -0.1) is 0 Å². The molecule has 2 N–H and O–H groups in total. The number of benzene rings is 1. The number of fused-ring (bicyclic) bond motifs is 1. The molecule has 0 saturated heterocycles.